The SMILES string of the molecule is CC[C@](C)(C(=O)O)c1ccc(C(C)C)cc1. The Labute approximate surface area is 97.3 Å². The van der Waals surface area contributed by atoms with Crippen LogP contribution in [0.5, 0.6) is 0 Å². The summed E-state index contributed by atoms with van der Waals surface area (Å²) in [5, 5.41) is 9.26. The van der Waals surface area contributed by atoms with Gasteiger partial charge in [0.15, 0.2) is 0 Å². The van der Waals surface area contributed by atoms with Crippen molar-refractivity contribution in [1.82, 2.24) is 0 Å². The minimum Gasteiger partial charge on any atom is -0.481 e. The molecule has 0 spiro atoms. The van der Waals surface area contributed by atoms with Gasteiger partial charge in [0.25, 0.3) is 0 Å². The molecule has 1 N–H and O–H groups in total. The van der Waals surface area contributed by atoms with E-state index in [4.69, 9.17) is 0 Å². The summed E-state index contributed by atoms with van der Waals surface area (Å²) in [6.07, 6.45) is 0.601. The predicted molar refractivity (Wildman–Crippen MR) is 65.8 cm³/mol. The third kappa shape index (κ3) is 2.26. The molecular weight excluding hydrogens is 200 g/mol. The van der Waals surface area contributed by atoms with Crippen molar-refractivity contribution in [3.8, 4) is 0 Å². The highest BCUT2D eigenvalue weighted by Gasteiger charge is 2.32. The summed E-state index contributed by atoms with van der Waals surface area (Å²) in [5.41, 5.74) is 1.36. The Morgan fingerprint density at radius 2 is 1.81 bits per heavy atom. The molecule has 0 bridgehead atoms. The van der Waals surface area contributed by atoms with Crippen LogP contribution in [-0.4, -0.2) is 11.1 Å². The summed E-state index contributed by atoms with van der Waals surface area (Å²) < 4.78 is 0. The number of hydrogen-bond acceptors (Lipinski definition) is 1. The van der Waals surface area contributed by atoms with Crippen LogP contribution in [0.4, 0.5) is 0 Å². The van der Waals surface area contributed by atoms with Crippen LogP contribution in [0.2, 0.25) is 0 Å². The van der Waals surface area contributed by atoms with Gasteiger partial charge in [0.2, 0.25) is 0 Å². The van der Waals surface area contributed by atoms with Gasteiger partial charge in [-0.2, -0.15) is 0 Å². The Morgan fingerprint density at radius 3 is 2.12 bits per heavy atom. The van der Waals surface area contributed by atoms with E-state index in [1.807, 2.05) is 31.2 Å². The Balaban J connectivity index is 3.09. The first-order valence-electron chi connectivity index (χ1n) is 5.75. The van der Waals surface area contributed by atoms with E-state index < -0.39 is 11.4 Å². The fourth-order valence-corrected chi connectivity index (χ4v) is 1.71. The summed E-state index contributed by atoms with van der Waals surface area (Å²) in [7, 11) is 0. The molecule has 1 atom stereocenters. The normalized spacial score (nSPS) is 14.8. The van der Waals surface area contributed by atoms with E-state index in [1.54, 1.807) is 6.92 Å². The van der Waals surface area contributed by atoms with E-state index in [0.717, 1.165) is 5.56 Å². The summed E-state index contributed by atoms with van der Waals surface area (Å²) in [4.78, 5) is 11.3. The maximum absolute atomic E-state index is 11.3. The second-order valence-corrected chi connectivity index (χ2v) is 4.77. The number of carboxylic acids is 1. The molecular formula is C14H20O2. The van der Waals surface area contributed by atoms with Gasteiger partial charge < -0.3 is 5.11 Å². The zero-order valence-corrected chi connectivity index (χ0v) is 10.4. The van der Waals surface area contributed by atoms with Crippen molar-refractivity contribution in [2.24, 2.45) is 0 Å². The Kier molecular flexibility index (Phi) is 3.74. The minimum absolute atomic E-state index is 0.478. The number of carbonyl (C=O) groups is 1. The predicted octanol–water partition coefficient (Wildman–Crippen LogP) is 3.56. The highest BCUT2D eigenvalue weighted by atomic mass is 16.4. The molecule has 88 valence electrons. The number of rotatable bonds is 4. The van der Waals surface area contributed by atoms with Crippen LogP contribution in [0.25, 0.3) is 0 Å². The quantitative estimate of drug-likeness (QED) is 0.842. The molecule has 2 heteroatoms. The van der Waals surface area contributed by atoms with E-state index in [9.17, 15) is 9.90 Å². The van der Waals surface area contributed by atoms with Gasteiger partial charge >= 0.3 is 5.97 Å². The van der Waals surface area contributed by atoms with Crippen LogP contribution < -0.4 is 0 Å². The van der Waals surface area contributed by atoms with E-state index in [-0.39, 0.29) is 0 Å². The van der Waals surface area contributed by atoms with Crippen molar-refractivity contribution in [2.75, 3.05) is 0 Å². The lowest BCUT2D eigenvalue weighted by molar-refractivity contribution is -0.143. The van der Waals surface area contributed by atoms with Crippen LogP contribution in [0.1, 0.15) is 51.2 Å². The van der Waals surface area contributed by atoms with Gasteiger partial charge in [-0.3, -0.25) is 4.79 Å². The highest BCUT2D eigenvalue weighted by Crippen LogP contribution is 2.29. The summed E-state index contributed by atoms with van der Waals surface area (Å²) in [6, 6.07) is 7.92. The largest absolute Gasteiger partial charge is 0.481 e. The monoisotopic (exact) mass is 220 g/mol. The van der Waals surface area contributed by atoms with Gasteiger partial charge in [0.05, 0.1) is 5.41 Å². The fraction of sp³-hybridized carbons (Fsp3) is 0.500. The minimum atomic E-state index is -0.768. The Bertz CT molecular complexity index is 365. The zero-order chi connectivity index (χ0) is 12.3. The van der Waals surface area contributed by atoms with E-state index in [1.165, 1.54) is 5.56 Å². The maximum Gasteiger partial charge on any atom is 0.313 e. The van der Waals surface area contributed by atoms with Gasteiger partial charge in [-0.15, -0.1) is 0 Å². The van der Waals surface area contributed by atoms with E-state index >= 15 is 0 Å². The topological polar surface area (TPSA) is 37.3 Å². The van der Waals surface area contributed by atoms with Crippen LogP contribution in [-0.2, 0) is 10.2 Å². The molecule has 1 rings (SSSR count). The molecule has 1 aromatic carbocycles. The standard InChI is InChI=1S/C14H20O2/c1-5-14(4,13(15)16)12-8-6-11(7-9-12)10(2)3/h6-10H,5H2,1-4H3,(H,15,16)/t14-/m0/s1. The molecule has 0 amide bonds. The molecule has 0 fully saturated rings. The number of carboxylic acid groups (broad SMARTS) is 1. The molecule has 1 aromatic rings. The van der Waals surface area contributed by atoms with Crippen LogP contribution in [0.3, 0.4) is 0 Å². The van der Waals surface area contributed by atoms with E-state index in [0.29, 0.717) is 12.3 Å². The summed E-state index contributed by atoms with van der Waals surface area (Å²) in [5.74, 6) is -0.279. The molecule has 0 unspecified atom stereocenters. The molecule has 2 nitrogen and oxygen atoms in total. The third-order valence-corrected chi connectivity index (χ3v) is 3.39. The van der Waals surface area contributed by atoms with Gasteiger partial charge in [0.1, 0.15) is 0 Å². The maximum atomic E-state index is 11.3. The van der Waals surface area contributed by atoms with Gasteiger partial charge in [-0.25, -0.2) is 0 Å². The first-order valence-corrected chi connectivity index (χ1v) is 5.75. The zero-order valence-electron chi connectivity index (χ0n) is 10.4. The molecule has 0 aliphatic rings. The van der Waals surface area contributed by atoms with Crippen molar-refractivity contribution in [2.45, 2.75) is 45.4 Å². The third-order valence-electron chi connectivity index (χ3n) is 3.39. The van der Waals surface area contributed by atoms with Gasteiger partial charge in [0, 0.05) is 0 Å². The van der Waals surface area contributed by atoms with Crippen molar-refractivity contribution in [3.05, 3.63) is 35.4 Å². The molecule has 0 aliphatic carbocycles. The number of hydrogen-bond donors (Lipinski definition) is 1. The average molecular weight is 220 g/mol. The molecule has 0 saturated carbocycles. The lowest BCUT2D eigenvalue weighted by Gasteiger charge is -2.24. The first kappa shape index (κ1) is 12.8. The second-order valence-electron chi connectivity index (χ2n) is 4.77. The van der Waals surface area contributed by atoms with Crippen LogP contribution >= 0.6 is 0 Å². The number of aliphatic carboxylic acids is 1. The van der Waals surface area contributed by atoms with Crippen molar-refractivity contribution in [3.63, 3.8) is 0 Å². The second kappa shape index (κ2) is 4.69. The lowest BCUT2D eigenvalue weighted by atomic mass is 9.79. The molecule has 0 aromatic heterocycles. The summed E-state index contributed by atoms with van der Waals surface area (Å²) >= 11 is 0. The smallest absolute Gasteiger partial charge is 0.313 e. The Hall–Kier alpha value is -1.31. The molecule has 0 radical (unpaired) electrons. The van der Waals surface area contributed by atoms with Crippen molar-refractivity contribution in [1.29, 1.82) is 0 Å². The first-order chi connectivity index (χ1) is 7.41. The number of benzene rings is 1. The molecule has 0 heterocycles. The average Bonchev–Trinajstić information content (AvgIpc) is 2.27. The molecule has 0 saturated heterocycles. The molecule has 16 heavy (non-hydrogen) atoms. The van der Waals surface area contributed by atoms with Crippen molar-refractivity contribution >= 4 is 5.97 Å². The highest BCUT2D eigenvalue weighted by molar-refractivity contribution is 5.80. The van der Waals surface area contributed by atoms with Crippen LogP contribution in [0, 0.1) is 0 Å². The van der Waals surface area contributed by atoms with Gasteiger partial charge in [-0.1, -0.05) is 45.0 Å². The Morgan fingerprint density at radius 1 is 1.31 bits per heavy atom. The fourth-order valence-electron chi connectivity index (χ4n) is 1.71. The lowest BCUT2D eigenvalue weighted by Crippen LogP contribution is -2.31. The van der Waals surface area contributed by atoms with Crippen LogP contribution in [0.15, 0.2) is 24.3 Å². The summed E-state index contributed by atoms with van der Waals surface area (Å²) in [6.45, 7) is 7.95. The van der Waals surface area contributed by atoms with E-state index in [2.05, 4.69) is 13.8 Å². The molecule has 0 aliphatic heterocycles. The van der Waals surface area contributed by atoms with Gasteiger partial charge in [-0.05, 0) is 30.4 Å². The van der Waals surface area contributed by atoms with Crippen molar-refractivity contribution < 1.29 is 9.90 Å².